The second kappa shape index (κ2) is 7.56. The number of rotatable bonds is 5. The lowest BCUT2D eigenvalue weighted by molar-refractivity contribution is -0.146. The zero-order valence-electron chi connectivity index (χ0n) is 10.7. The molecule has 6 heteroatoms. The minimum Gasteiger partial charge on any atom is -0.447 e. The number of hydrogen-bond acceptors (Lipinski definition) is 3. The molecule has 0 fully saturated rings. The molecule has 0 unspecified atom stereocenters. The van der Waals surface area contributed by atoms with Crippen molar-refractivity contribution in [2.45, 2.75) is 25.8 Å². The van der Waals surface area contributed by atoms with Crippen LogP contribution in [0.25, 0.3) is 0 Å². The Morgan fingerprint density at radius 1 is 1.30 bits per heavy atom. The molecule has 0 aliphatic rings. The third-order valence-electron chi connectivity index (χ3n) is 2.06. The number of alkyl halides is 3. The second-order valence-electron chi connectivity index (χ2n) is 3.87. The van der Waals surface area contributed by atoms with Crippen LogP contribution in [-0.4, -0.2) is 24.9 Å². The van der Waals surface area contributed by atoms with Crippen molar-refractivity contribution in [3.05, 3.63) is 35.9 Å². The maximum atomic E-state index is 12.0. The molecule has 0 aliphatic heterocycles. The third kappa shape index (κ3) is 7.44. The van der Waals surface area contributed by atoms with Gasteiger partial charge in [-0.25, -0.2) is 0 Å². The number of benzene rings is 1. The topological polar surface area (TPSA) is 35.5 Å². The average molecular weight is 286 g/mol. The first kappa shape index (κ1) is 16.1. The molecule has 20 heavy (non-hydrogen) atoms. The molecule has 1 aromatic rings. The van der Waals surface area contributed by atoms with Crippen LogP contribution < -0.4 is 0 Å². The van der Waals surface area contributed by atoms with E-state index in [1.807, 2.05) is 36.3 Å². The van der Waals surface area contributed by atoms with Crippen LogP contribution >= 0.6 is 0 Å². The van der Waals surface area contributed by atoms with Gasteiger partial charge in [0.2, 0.25) is 0 Å². The van der Waals surface area contributed by atoms with Crippen LogP contribution in [0.5, 0.6) is 0 Å². The van der Waals surface area contributed by atoms with Gasteiger partial charge in [0, 0.05) is 12.8 Å². The number of hydrogen-bond donors (Lipinski definition) is 0. The van der Waals surface area contributed by atoms with E-state index in [-0.39, 0.29) is 13.2 Å². The van der Waals surface area contributed by atoms with Gasteiger partial charge in [0.15, 0.2) is 6.10 Å². The predicted octanol–water partition coefficient (Wildman–Crippen LogP) is 2.70. The predicted molar refractivity (Wildman–Crippen MR) is 65.5 cm³/mol. The van der Waals surface area contributed by atoms with Gasteiger partial charge in [-0.2, -0.15) is 13.2 Å². The van der Waals surface area contributed by atoms with Crippen LogP contribution in [0.1, 0.15) is 12.5 Å². The summed E-state index contributed by atoms with van der Waals surface area (Å²) in [5.41, 5.74) is 0.859. The maximum Gasteiger partial charge on any atom is 0.457 e. The highest BCUT2D eigenvalue weighted by Gasteiger charge is 2.24. The smallest absolute Gasteiger partial charge is 0.447 e. The molecular formula is C14H13F3O3. The molecule has 1 atom stereocenters. The van der Waals surface area contributed by atoms with Crippen LogP contribution in [0.4, 0.5) is 13.2 Å². The number of esters is 1. The maximum absolute atomic E-state index is 12.0. The molecule has 0 heterocycles. The summed E-state index contributed by atoms with van der Waals surface area (Å²) in [6.07, 6.45) is -5.87. The van der Waals surface area contributed by atoms with Crippen molar-refractivity contribution in [1.82, 2.24) is 0 Å². The lowest BCUT2D eigenvalue weighted by Crippen LogP contribution is -2.21. The van der Waals surface area contributed by atoms with E-state index in [1.54, 1.807) is 0 Å². The first-order valence-corrected chi connectivity index (χ1v) is 5.75. The van der Waals surface area contributed by atoms with Crippen molar-refractivity contribution < 1.29 is 27.4 Å². The molecule has 0 N–H and O–H groups in total. The molecule has 0 bridgehead atoms. The first-order chi connectivity index (χ1) is 9.37. The zero-order chi connectivity index (χ0) is 15.0. The van der Waals surface area contributed by atoms with Gasteiger partial charge in [0.05, 0.1) is 13.2 Å². The zero-order valence-corrected chi connectivity index (χ0v) is 10.7. The van der Waals surface area contributed by atoms with Crippen LogP contribution in [0.3, 0.4) is 0 Å². The highest BCUT2D eigenvalue weighted by Crippen LogP contribution is 2.12. The van der Waals surface area contributed by atoms with Gasteiger partial charge in [-0.15, -0.1) is 0 Å². The van der Waals surface area contributed by atoms with Crippen molar-refractivity contribution in [1.29, 1.82) is 0 Å². The lowest BCUT2D eigenvalue weighted by Gasteiger charge is -2.11. The highest BCUT2D eigenvalue weighted by atomic mass is 19.4. The summed E-state index contributed by atoms with van der Waals surface area (Å²) in [4.78, 5) is 10.8. The van der Waals surface area contributed by atoms with Gasteiger partial charge >= 0.3 is 12.1 Å². The first-order valence-electron chi connectivity index (χ1n) is 5.75. The monoisotopic (exact) mass is 286 g/mol. The minimum absolute atomic E-state index is 0.201. The van der Waals surface area contributed by atoms with Gasteiger partial charge in [-0.3, -0.25) is 4.79 Å². The minimum atomic E-state index is -4.63. The van der Waals surface area contributed by atoms with E-state index in [4.69, 9.17) is 4.74 Å². The van der Waals surface area contributed by atoms with Crippen molar-refractivity contribution in [2.24, 2.45) is 0 Å². The molecule has 0 aliphatic carbocycles. The van der Waals surface area contributed by atoms with Crippen LogP contribution in [0.2, 0.25) is 0 Å². The quantitative estimate of drug-likeness (QED) is 0.616. The third-order valence-corrected chi connectivity index (χ3v) is 2.06. The van der Waals surface area contributed by atoms with Crippen LogP contribution in [0.15, 0.2) is 30.3 Å². The van der Waals surface area contributed by atoms with E-state index in [0.29, 0.717) is 0 Å². The molecule has 3 nitrogen and oxygen atoms in total. The Kier molecular flexibility index (Phi) is 6.07. The molecule has 1 aromatic carbocycles. The molecule has 0 aromatic heterocycles. The number of carbonyl (C=O) groups excluding carboxylic acids is 1. The lowest BCUT2D eigenvalue weighted by atomic mass is 10.2. The summed E-state index contributed by atoms with van der Waals surface area (Å²) in [6.45, 7) is 1.07. The van der Waals surface area contributed by atoms with Crippen LogP contribution in [-0.2, 0) is 20.9 Å². The van der Waals surface area contributed by atoms with Gasteiger partial charge in [0.1, 0.15) is 0 Å². The Morgan fingerprint density at radius 3 is 2.50 bits per heavy atom. The molecule has 0 saturated carbocycles. The van der Waals surface area contributed by atoms with E-state index in [2.05, 4.69) is 4.74 Å². The van der Waals surface area contributed by atoms with Crippen molar-refractivity contribution >= 4 is 5.97 Å². The Labute approximate surface area is 114 Å². The average Bonchev–Trinajstić information content (AvgIpc) is 2.35. The molecule has 0 radical (unpaired) electrons. The fourth-order valence-electron chi connectivity index (χ4n) is 1.33. The van der Waals surface area contributed by atoms with E-state index < -0.39 is 18.2 Å². The van der Waals surface area contributed by atoms with E-state index >= 15 is 0 Å². The molecule has 108 valence electrons. The van der Waals surface area contributed by atoms with Gasteiger partial charge in [-0.1, -0.05) is 30.3 Å². The summed E-state index contributed by atoms with van der Waals surface area (Å²) < 4.78 is 45.8. The second-order valence-corrected chi connectivity index (χ2v) is 3.87. The number of carbonyl (C=O) groups is 1. The van der Waals surface area contributed by atoms with E-state index in [9.17, 15) is 18.0 Å². The standard InChI is InChI=1S/C14H13F3O3/c1-11(18)20-13(7-8-14(15,16)17)10-19-9-12-5-3-2-4-6-12/h2-6,13H,9-10H2,1H3/t13-/m0/s1. The van der Waals surface area contributed by atoms with Crippen molar-refractivity contribution in [2.75, 3.05) is 6.61 Å². The molecule has 0 amide bonds. The Balaban J connectivity index is 2.52. The van der Waals surface area contributed by atoms with Crippen molar-refractivity contribution in [3.8, 4) is 11.8 Å². The van der Waals surface area contributed by atoms with Crippen molar-refractivity contribution in [3.63, 3.8) is 0 Å². The van der Waals surface area contributed by atoms with Gasteiger partial charge in [-0.05, 0) is 11.5 Å². The SMILES string of the molecule is CC(=O)O[C@@H](C#CC(F)(F)F)COCc1ccccc1. The highest BCUT2D eigenvalue weighted by molar-refractivity contribution is 5.66. The van der Waals surface area contributed by atoms with Gasteiger partial charge < -0.3 is 9.47 Å². The fourth-order valence-corrected chi connectivity index (χ4v) is 1.33. The summed E-state index contributed by atoms with van der Waals surface area (Å²) in [5.74, 6) is 2.19. The number of halogens is 3. The summed E-state index contributed by atoms with van der Waals surface area (Å²) in [6, 6.07) is 9.07. The van der Waals surface area contributed by atoms with Crippen LogP contribution in [0, 0.1) is 11.8 Å². The fraction of sp³-hybridized carbons (Fsp3) is 0.357. The molecule has 0 spiro atoms. The summed E-state index contributed by atoms with van der Waals surface area (Å²) >= 11 is 0. The molecule has 1 rings (SSSR count). The molecular weight excluding hydrogens is 273 g/mol. The largest absolute Gasteiger partial charge is 0.457 e. The summed E-state index contributed by atoms with van der Waals surface area (Å²) in [5, 5.41) is 0. The normalized spacial score (nSPS) is 12.2. The van der Waals surface area contributed by atoms with E-state index in [1.165, 1.54) is 0 Å². The van der Waals surface area contributed by atoms with Gasteiger partial charge in [0.25, 0.3) is 0 Å². The van der Waals surface area contributed by atoms with E-state index in [0.717, 1.165) is 18.4 Å². The number of ether oxygens (including phenoxy) is 2. The Hall–Kier alpha value is -2.00. The Morgan fingerprint density at radius 2 is 1.95 bits per heavy atom. The Bertz CT molecular complexity index is 486. The summed E-state index contributed by atoms with van der Waals surface area (Å²) in [7, 11) is 0. The molecule has 0 saturated heterocycles.